The summed E-state index contributed by atoms with van der Waals surface area (Å²) in [4.78, 5) is 27.9. The van der Waals surface area contributed by atoms with E-state index in [4.69, 9.17) is 4.74 Å². The number of H-pyrrole nitrogens is 1. The summed E-state index contributed by atoms with van der Waals surface area (Å²) >= 11 is 0. The molecule has 3 N–H and O–H groups in total. The highest BCUT2D eigenvalue weighted by atomic mass is 16.6. The number of amides is 1. The first-order valence-electron chi connectivity index (χ1n) is 13.3. The first-order chi connectivity index (χ1) is 19.1. The van der Waals surface area contributed by atoms with Crippen molar-refractivity contribution >= 4 is 34.5 Å². The third kappa shape index (κ3) is 6.50. The number of ether oxygens (including phenoxy) is 1. The van der Waals surface area contributed by atoms with Gasteiger partial charge in [-0.25, -0.2) is 9.78 Å². The van der Waals surface area contributed by atoms with Crippen molar-refractivity contribution < 1.29 is 14.6 Å². The predicted molar refractivity (Wildman–Crippen MR) is 153 cm³/mol. The third-order valence-electron chi connectivity index (χ3n) is 6.34. The molecule has 40 heavy (non-hydrogen) atoms. The van der Waals surface area contributed by atoms with E-state index in [2.05, 4.69) is 42.8 Å². The molecule has 210 valence electrons. The van der Waals surface area contributed by atoms with E-state index in [0.717, 1.165) is 36.9 Å². The lowest BCUT2D eigenvalue weighted by molar-refractivity contribution is 0.101. The van der Waals surface area contributed by atoms with Crippen LogP contribution in [-0.2, 0) is 10.2 Å². The number of carbonyl (C=O) groups is 1. The SMILES string of the molecule is CCCCC(CC)OC(=O)Nc1ccc(-c2nc3c(N=Nc4cc(N=O)ccc4O)c(C(C)(C)C)[nH]n3n2)cc1. The highest BCUT2D eigenvalue weighted by Gasteiger charge is 2.26. The molecule has 12 heteroatoms. The number of unbranched alkanes of at least 4 members (excludes halogenated alkanes) is 1. The van der Waals surface area contributed by atoms with E-state index in [-0.39, 0.29) is 28.6 Å². The molecule has 4 aromatic rings. The number of aromatic hydroxyl groups is 1. The predicted octanol–water partition coefficient (Wildman–Crippen LogP) is 8.06. The molecule has 2 aromatic heterocycles. The van der Waals surface area contributed by atoms with Gasteiger partial charge in [-0.2, -0.15) is 4.63 Å². The van der Waals surface area contributed by atoms with Crippen LogP contribution in [0.4, 0.5) is 27.5 Å². The van der Waals surface area contributed by atoms with Crippen LogP contribution in [0.25, 0.3) is 17.0 Å². The molecule has 0 saturated heterocycles. The van der Waals surface area contributed by atoms with Crippen LogP contribution >= 0.6 is 0 Å². The van der Waals surface area contributed by atoms with Gasteiger partial charge < -0.3 is 9.84 Å². The molecule has 1 atom stereocenters. The van der Waals surface area contributed by atoms with Crippen molar-refractivity contribution in [1.29, 1.82) is 0 Å². The molecule has 1 amide bonds. The van der Waals surface area contributed by atoms with Crippen LogP contribution in [0.1, 0.15) is 66.0 Å². The lowest BCUT2D eigenvalue weighted by Gasteiger charge is -2.16. The minimum atomic E-state index is -0.477. The standard InChI is InChI=1S/C28H34N8O4/c1-6-8-9-20(7-2)40-27(38)29-18-12-10-17(11-13-18)25-30-26-23(24(28(3,4)5)33-36(26)34-25)32-31-21-16-19(35-39)14-15-22(21)37/h10-16,20,33,37H,6-9H2,1-5H3,(H,29,38). The molecule has 0 fully saturated rings. The van der Waals surface area contributed by atoms with Crippen LogP contribution in [0.5, 0.6) is 5.75 Å². The van der Waals surface area contributed by atoms with Crippen LogP contribution in [-0.4, -0.2) is 37.1 Å². The molecule has 0 aliphatic heterocycles. The molecule has 2 heterocycles. The lowest BCUT2D eigenvalue weighted by Crippen LogP contribution is -2.22. The molecule has 0 aliphatic carbocycles. The van der Waals surface area contributed by atoms with Crippen LogP contribution in [0, 0.1) is 4.91 Å². The van der Waals surface area contributed by atoms with Crippen molar-refractivity contribution in [2.75, 3.05) is 5.32 Å². The van der Waals surface area contributed by atoms with Gasteiger partial charge in [0.15, 0.2) is 11.5 Å². The Kier molecular flexibility index (Phi) is 8.56. The van der Waals surface area contributed by atoms with Gasteiger partial charge in [-0.05, 0) is 60.5 Å². The van der Waals surface area contributed by atoms with E-state index in [9.17, 15) is 14.8 Å². The van der Waals surface area contributed by atoms with E-state index < -0.39 is 6.09 Å². The highest BCUT2D eigenvalue weighted by Crippen LogP contribution is 2.37. The van der Waals surface area contributed by atoms with Crippen molar-refractivity contribution in [2.45, 2.75) is 71.8 Å². The fraction of sp³-hybridized carbons (Fsp3) is 0.393. The van der Waals surface area contributed by atoms with Crippen molar-refractivity contribution in [3.8, 4) is 17.1 Å². The number of benzene rings is 2. The zero-order valence-corrected chi connectivity index (χ0v) is 23.3. The lowest BCUT2D eigenvalue weighted by atomic mass is 9.91. The van der Waals surface area contributed by atoms with E-state index in [1.165, 1.54) is 22.8 Å². The Balaban J connectivity index is 1.58. The number of anilines is 1. The molecule has 1 unspecified atom stereocenters. The first-order valence-corrected chi connectivity index (χ1v) is 13.3. The van der Waals surface area contributed by atoms with Gasteiger partial charge in [-0.15, -0.1) is 20.2 Å². The normalized spacial score (nSPS) is 12.6. The van der Waals surface area contributed by atoms with Crippen molar-refractivity contribution in [3.63, 3.8) is 0 Å². The Morgan fingerprint density at radius 1 is 1.15 bits per heavy atom. The average molecular weight is 547 g/mol. The molecule has 0 radical (unpaired) electrons. The fourth-order valence-electron chi connectivity index (χ4n) is 4.09. The van der Waals surface area contributed by atoms with Crippen molar-refractivity contribution in [2.24, 2.45) is 15.4 Å². The number of nitrogens with zero attached hydrogens (tertiary/aromatic N) is 6. The maximum absolute atomic E-state index is 12.3. The van der Waals surface area contributed by atoms with Gasteiger partial charge in [0.05, 0.1) is 5.69 Å². The first kappa shape index (κ1) is 28.4. The Hall–Kier alpha value is -4.61. The number of nitroso groups, excluding NO2 is 1. The molecular formula is C28H34N8O4. The van der Waals surface area contributed by atoms with Crippen LogP contribution in [0.2, 0.25) is 0 Å². The molecule has 12 nitrogen and oxygen atoms in total. The van der Waals surface area contributed by atoms with Gasteiger partial charge in [0.25, 0.3) is 0 Å². The van der Waals surface area contributed by atoms with Gasteiger partial charge in [-0.1, -0.05) is 47.5 Å². The van der Waals surface area contributed by atoms with Crippen LogP contribution in [0.15, 0.2) is 57.9 Å². The highest BCUT2D eigenvalue weighted by molar-refractivity contribution is 5.85. The number of aromatic amines is 1. The zero-order valence-electron chi connectivity index (χ0n) is 23.3. The smallest absolute Gasteiger partial charge is 0.411 e. The summed E-state index contributed by atoms with van der Waals surface area (Å²) in [5, 5.41) is 32.2. The molecule has 0 saturated carbocycles. The summed E-state index contributed by atoms with van der Waals surface area (Å²) in [5.41, 5.74) is 2.84. The van der Waals surface area contributed by atoms with E-state index in [1.807, 2.05) is 27.7 Å². The topological polar surface area (TPSA) is 159 Å². The molecule has 2 aromatic carbocycles. The van der Waals surface area contributed by atoms with Gasteiger partial charge in [0.1, 0.15) is 23.2 Å². The molecule has 4 rings (SSSR count). The largest absolute Gasteiger partial charge is 0.506 e. The Morgan fingerprint density at radius 2 is 1.90 bits per heavy atom. The van der Waals surface area contributed by atoms with E-state index in [1.54, 1.807) is 24.3 Å². The number of hydrogen-bond acceptors (Lipinski definition) is 9. The Morgan fingerprint density at radius 3 is 2.55 bits per heavy atom. The Labute approximate surface area is 231 Å². The fourth-order valence-corrected chi connectivity index (χ4v) is 4.09. The van der Waals surface area contributed by atoms with Crippen LogP contribution in [0.3, 0.4) is 0 Å². The summed E-state index contributed by atoms with van der Waals surface area (Å²) in [7, 11) is 0. The summed E-state index contributed by atoms with van der Waals surface area (Å²) in [5.74, 6) is 0.309. The maximum Gasteiger partial charge on any atom is 0.411 e. The Bertz CT molecular complexity index is 1520. The number of carbonyl (C=O) groups excluding carboxylic acids is 1. The molecule has 0 bridgehead atoms. The summed E-state index contributed by atoms with van der Waals surface area (Å²) in [6.07, 6.45) is 3.11. The van der Waals surface area contributed by atoms with E-state index in [0.29, 0.717) is 22.8 Å². The quantitative estimate of drug-likeness (QED) is 0.135. The minimum Gasteiger partial charge on any atom is -0.506 e. The van der Waals surface area contributed by atoms with Gasteiger partial charge in [0.2, 0.25) is 5.65 Å². The zero-order chi connectivity index (χ0) is 28.9. The second kappa shape index (κ2) is 12.1. The minimum absolute atomic E-state index is 0.101. The van der Waals surface area contributed by atoms with Gasteiger partial charge >= 0.3 is 6.09 Å². The average Bonchev–Trinajstić information content (AvgIpc) is 3.50. The van der Waals surface area contributed by atoms with Gasteiger partial charge in [0, 0.05) is 16.7 Å². The number of phenolic OH excluding ortho intramolecular Hbond substituents is 1. The van der Waals surface area contributed by atoms with Crippen molar-refractivity contribution in [1.82, 2.24) is 19.8 Å². The number of nitrogens with one attached hydrogen (secondary N) is 2. The summed E-state index contributed by atoms with van der Waals surface area (Å²) in [6.45, 7) is 10.1. The number of hydrogen-bond donors (Lipinski definition) is 3. The molecular weight excluding hydrogens is 512 g/mol. The number of fused-ring (bicyclic) bond motifs is 1. The second-order valence-electron chi connectivity index (χ2n) is 10.5. The van der Waals surface area contributed by atoms with E-state index >= 15 is 0 Å². The third-order valence-corrected chi connectivity index (χ3v) is 6.34. The second-order valence-corrected chi connectivity index (χ2v) is 10.5. The molecule has 0 aliphatic rings. The summed E-state index contributed by atoms with van der Waals surface area (Å²) < 4.78 is 7.07. The van der Waals surface area contributed by atoms with Gasteiger partial charge in [-0.3, -0.25) is 10.4 Å². The maximum atomic E-state index is 12.3. The number of phenols is 1. The van der Waals surface area contributed by atoms with Crippen molar-refractivity contribution in [3.05, 3.63) is 53.1 Å². The molecule has 0 spiro atoms. The number of rotatable bonds is 10. The number of azo groups is 1. The monoisotopic (exact) mass is 546 g/mol. The van der Waals surface area contributed by atoms with Crippen LogP contribution < -0.4 is 5.32 Å². The summed E-state index contributed by atoms with van der Waals surface area (Å²) in [6, 6.07) is 11.2. The number of aromatic nitrogens is 4.